The molecular weight excluding hydrogens is 328 g/mol. The van der Waals surface area contributed by atoms with Crippen molar-refractivity contribution in [3.8, 4) is 0 Å². The van der Waals surface area contributed by atoms with Crippen LogP contribution in [0.5, 0.6) is 0 Å². The molecule has 26 heavy (non-hydrogen) atoms. The fourth-order valence-corrected chi connectivity index (χ4v) is 3.63. The summed E-state index contributed by atoms with van der Waals surface area (Å²) in [6.45, 7) is 0.580. The van der Waals surface area contributed by atoms with Crippen LogP contribution in [-0.2, 0) is 16.1 Å². The van der Waals surface area contributed by atoms with E-state index in [1.54, 1.807) is 7.11 Å². The number of benzene rings is 2. The molecule has 0 amide bonds. The van der Waals surface area contributed by atoms with Crippen molar-refractivity contribution in [2.24, 2.45) is 0 Å². The number of rotatable bonds is 5. The number of methoxy groups -OCH3 is 1. The molecule has 0 saturated heterocycles. The number of furan rings is 1. The third-order valence-electron chi connectivity index (χ3n) is 4.82. The highest BCUT2D eigenvalue weighted by molar-refractivity contribution is 5.83. The van der Waals surface area contributed by atoms with E-state index in [1.165, 1.54) is 0 Å². The Balaban J connectivity index is 1.78. The van der Waals surface area contributed by atoms with Crippen molar-refractivity contribution in [2.75, 3.05) is 13.7 Å². The van der Waals surface area contributed by atoms with Crippen molar-refractivity contribution in [1.82, 2.24) is 0 Å². The Bertz CT molecular complexity index is 897. The Kier molecular flexibility index (Phi) is 4.89. The van der Waals surface area contributed by atoms with E-state index in [2.05, 4.69) is 30.4 Å². The summed E-state index contributed by atoms with van der Waals surface area (Å²) in [7, 11) is 1.58. The first-order valence-corrected chi connectivity index (χ1v) is 8.80. The molecule has 0 radical (unpaired) electrons. The molecule has 3 aromatic rings. The topological polar surface area (TPSA) is 51.8 Å². The number of hydrogen-bond acceptors (Lipinski definition) is 4. The van der Waals surface area contributed by atoms with Gasteiger partial charge in [0.1, 0.15) is 24.1 Å². The van der Waals surface area contributed by atoms with E-state index in [4.69, 9.17) is 13.9 Å². The average Bonchev–Trinajstić information content (AvgIpc) is 3.06. The highest BCUT2D eigenvalue weighted by atomic mass is 16.5. The van der Waals surface area contributed by atoms with E-state index in [0.717, 1.165) is 27.9 Å². The molecule has 4 nitrogen and oxygen atoms in total. The van der Waals surface area contributed by atoms with E-state index >= 15 is 0 Å². The molecular formula is C22H22O4. The summed E-state index contributed by atoms with van der Waals surface area (Å²) in [6.07, 6.45) is 3.06. The first kappa shape index (κ1) is 17.0. The van der Waals surface area contributed by atoms with Gasteiger partial charge in [-0.1, -0.05) is 60.7 Å². The lowest BCUT2D eigenvalue weighted by atomic mass is 9.85. The van der Waals surface area contributed by atoms with Gasteiger partial charge in [0, 0.05) is 24.0 Å². The summed E-state index contributed by atoms with van der Waals surface area (Å²) < 4.78 is 17.1. The van der Waals surface area contributed by atoms with Crippen LogP contribution >= 0.6 is 0 Å². The molecule has 134 valence electrons. The van der Waals surface area contributed by atoms with Gasteiger partial charge in [0.2, 0.25) is 0 Å². The molecule has 2 aromatic carbocycles. The maximum Gasteiger partial charge on any atom is 0.134 e. The molecule has 4 heteroatoms. The van der Waals surface area contributed by atoms with Crippen LogP contribution in [0, 0.1) is 0 Å². The molecule has 1 aliphatic rings. The van der Waals surface area contributed by atoms with Crippen molar-refractivity contribution in [2.45, 2.75) is 24.7 Å². The van der Waals surface area contributed by atoms with Gasteiger partial charge < -0.3 is 19.0 Å². The van der Waals surface area contributed by atoms with Crippen LogP contribution in [0.4, 0.5) is 0 Å². The lowest BCUT2D eigenvalue weighted by Crippen LogP contribution is -2.39. The molecule has 0 spiro atoms. The number of hydrogen-bond donors (Lipinski definition) is 1. The monoisotopic (exact) mass is 350 g/mol. The second-order valence-electron chi connectivity index (χ2n) is 6.53. The number of aliphatic hydroxyl groups is 1. The zero-order chi connectivity index (χ0) is 17.9. The number of fused-ring (bicyclic) bond motifs is 3. The van der Waals surface area contributed by atoms with E-state index < -0.39 is 6.10 Å². The van der Waals surface area contributed by atoms with Crippen molar-refractivity contribution < 1.29 is 19.0 Å². The van der Waals surface area contributed by atoms with E-state index in [0.29, 0.717) is 6.61 Å². The summed E-state index contributed by atoms with van der Waals surface area (Å²) in [5.74, 6) is 0.711. The fourth-order valence-electron chi connectivity index (χ4n) is 3.63. The normalized spacial score (nSPS) is 21.2. The highest BCUT2D eigenvalue weighted by Crippen LogP contribution is 2.41. The molecule has 3 atom stereocenters. The third kappa shape index (κ3) is 3.19. The molecule has 0 aliphatic carbocycles. The predicted octanol–water partition coefficient (Wildman–Crippen LogP) is 4.14. The van der Waals surface area contributed by atoms with E-state index in [-0.39, 0.29) is 18.6 Å². The molecule has 4 rings (SSSR count). The van der Waals surface area contributed by atoms with Gasteiger partial charge in [-0.25, -0.2) is 0 Å². The summed E-state index contributed by atoms with van der Waals surface area (Å²) in [5, 5.41) is 11.6. The Labute approximate surface area is 152 Å². The molecule has 1 aliphatic heterocycles. The van der Waals surface area contributed by atoms with Gasteiger partial charge in [0.15, 0.2) is 0 Å². The lowest BCUT2D eigenvalue weighted by molar-refractivity contribution is -0.0883. The first-order valence-electron chi connectivity index (χ1n) is 8.80. The van der Waals surface area contributed by atoms with Gasteiger partial charge >= 0.3 is 0 Å². The maximum absolute atomic E-state index is 10.6. The molecule has 2 heterocycles. The zero-order valence-electron chi connectivity index (χ0n) is 14.7. The standard InChI is InChI=1S/C22H22O4/c1-24-13-18(23)22-17(12-11-15-7-3-2-4-8-15)21-16-9-5-6-10-19(16)26-20(21)14-25-22/h2-12,17-18,22-23H,13-14H2,1H3/b12-11+/t17-,18-,22+/m1/s1. The second kappa shape index (κ2) is 7.46. The maximum atomic E-state index is 10.6. The smallest absolute Gasteiger partial charge is 0.134 e. The molecule has 0 saturated carbocycles. The Morgan fingerprint density at radius 3 is 2.73 bits per heavy atom. The molecule has 1 N–H and O–H groups in total. The molecule has 0 fully saturated rings. The third-order valence-corrected chi connectivity index (χ3v) is 4.82. The van der Waals surface area contributed by atoms with Gasteiger partial charge in [0.25, 0.3) is 0 Å². The largest absolute Gasteiger partial charge is 0.458 e. The molecule has 0 bridgehead atoms. The Morgan fingerprint density at radius 2 is 1.92 bits per heavy atom. The lowest BCUT2D eigenvalue weighted by Gasteiger charge is -2.32. The zero-order valence-corrected chi connectivity index (χ0v) is 14.7. The summed E-state index contributed by atoms with van der Waals surface area (Å²) in [4.78, 5) is 0. The van der Waals surface area contributed by atoms with Crippen molar-refractivity contribution in [3.63, 3.8) is 0 Å². The van der Waals surface area contributed by atoms with Gasteiger partial charge in [-0.15, -0.1) is 0 Å². The van der Waals surface area contributed by atoms with Crippen LogP contribution in [0.1, 0.15) is 22.8 Å². The minimum atomic E-state index is -0.716. The first-order chi connectivity index (χ1) is 12.8. The van der Waals surface area contributed by atoms with Crippen LogP contribution in [0.25, 0.3) is 17.0 Å². The number of aliphatic hydroxyl groups excluding tert-OH is 1. The van der Waals surface area contributed by atoms with E-state index in [1.807, 2.05) is 36.4 Å². The van der Waals surface area contributed by atoms with Crippen LogP contribution < -0.4 is 0 Å². The SMILES string of the molecule is COC[C@@H](O)[C@H]1OCc2oc3ccccc3c2[C@H]1/C=C/c1ccccc1. The van der Waals surface area contributed by atoms with Crippen molar-refractivity contribution in [3.05, 3.63) is 77.6 Å². The average molecular weight is 350 g/mol. The highest BCUT2D eigenvalue weighted by Gasteiger charge is 2.37. The minimum Gasteiger partial charge on any atom is -0.458 e. The summed E-state index contributed by atoms with van der Waals surface area (Å²) in [6, 6.07) is 18.1. The van der Waals surface area contributed by atoms with Crippen LogP contribution in [0.2, 0.25) is 0 Å². The fraction of sp³-hybridized carbons (Fsp3) is 0.273. The van der Waals surface area contributed by atoms with Gasteiger partial charge in [-0.2, -0.15) is 0 Å². The second-order valence-corrected chi connectivity index (χ2v) is 6.53. The van der Waals surface area contributed by atoms with Crippen molar-refractivity contribution in [1.29, 1.82) is 0 Å². The Morgan fingerprint density at radius 1 is 1.15 bits per heavy atom. The van der Waals surface area contributed by atoms with Crippen LogP contribution in [-0.4, -0.2) is 31.0 Å². The van der Waals surface area contributed by atoms with Crippen LogP contribution in [0.3, 0.4) is 0 Å². The quantitative estimate of drug-likeness (QED) is 0.751. The molecule has 0 unspecified atom stereocenters. The predicted molar refractivity (Wildman–Crippen MR) is 101 cm³/mol. The van der Waals surface area contributed by atoms with Crippen molar-refractivity contribution >= 4 is 17.0 Å². The molecule has 1 aromatic heterocycles. The minimum absolute atomic E-state index is 0.118. The van der Waals surface area contributed by atoms with Gasteiger partial charge in [-0.3, -0.25) is 0 Å². The van der Waals surface area contributed by atoms with Gasteiger partial charge in [-0.05, 0) is 11.6 Å². The van der Waals surface area contributed by atoms with Gasteiger partial charge in [0.05, 0.1) is 12.7 Å². The Hall–Kier alpha value is -2.40. The summed E-state index contributed by atoms with van der Waals surface area (Å²) >= 11 is 0. The number of para-hydroxylation sites is 1. The number of ether oxygens (including phenoxy) is 2. The summed E-state index contributed by atoms with van der Waals surface area (Å²) in [5.41, 5.74) is 3.05. The van der Waals surface area contributed by atoms with E-state index in [9.17, 15) is 5.11 Å². The van der Waals surface area contributed by atoms with Crippen LogP contribution in [0.15, 0.2) is 65.1 Å².